The average molecular weight is 583 g/mol. The number of thiazole rings is 1. The van der Waals surface area contributed by atoms with Gasteiger partial charge in [0, 0.05) is 39.0 Å². The lowest BCUT2D eigenvalue weighted by Gasteiger charge is -2.40. The predicted molar refractivity (Wildman–Crippen MR) is 149 cm³/mol. The Kier molecular flexibility index (Phi) is 6.62. The highest BCUT2D eigenvalue weighted by Gasteiger charge is 2.44. The molecule has 192 valence electrons. The van der Waals surface area contributed by atoms with Crippen molar-refractivity contribution in [2.24, 2.45) is 5.41 Å². The average Bonchev–Trinajstić information content (AvgIpc) is 3.22. The summed E-state index contributed by atoms with van der Waals surface area (Å²) in [6.07, 6.45) is 1.10. The zero-order valence-corrected chi connectivity index (χ0v) is 23.7. The van der Waals surface area contributed by atoms with Gasteiger partial charge < -0.3 is 14.8 Å². The van der Waals surface area contributed by atoms with Crippen molar-refractivity contribution < 1.29 is 19.1 Å². The van der Waals surface area contributed by atoms with E-state index in [2.05, 4.69) is 45.4 Å². The first-order valence-electron chi connectivity index (χ1n) is 11.9. The van der Waals surface area contributed by atoms with Gasteiger partial charge in [-0.25, -0.2) is 4.98 Å². The second-order valence-electron chi connectivity index (χ2n) is 10.1. The monoisotopic (exact) mass is 581 g/mol. The smallest absolute Gasteiger partial charge is 0.256 e. The number of allylic oxidation sites excluding steroid dienone is 3. The van der Waals surface area contributed by atoms with Gasteiger partial charge >= 0.3 is 0 Å². The third-order valence-corrected chi connectivity index (χ3v) is 8.23. The van der Waals surface area contributed by atoms with Crippen LogP contribution < -0.4 is 20.1 Å². The first-order valence-corrected chi connectivity index (χ1v) is 13.5. The van der Waals surface area contributed by atoms with Crippen LogP contribution in [0.2, 0.25) is 0 Å². The highest BCUT2D eigenvalue weighted by atomic mass is 79.9. The van der Waals surface area contributed by atoms with Gasteiger partial charge in [-0.15, -0.1) is 0 Å². The summed E-state index contributed by atoms with van der Waals surface area (Å²) >= 11 is 4.88. The summed E-state index contributed by atoms with van der Waals surface area (Å²) in [4.78, 5) is 32.1. The van der Waals surface area contributed by atoms with Crippen LogP contribution in [0.5, 0.6) is 11.5 Å². The fraction of sp³-hybridized carbons (Fsp3) is 0.321. The van der Waals surface area contributed by atoms with Crippen LogP contribution in [0, 0.1) is 5.41 Å². The number of dihydropyridines is 1. The molecule has 2 heterocycles. The lowest BCUT2D eigenvalue weighted by molar-refractivity contribution is -0.118. The highest BCUT2D eigenvalue weighted by molar-refractivity contribution is 9.10. The van der Waals surface area contributed by atoms with E-state index in [0.29, 0.717) is 51.9 Å². The number of benzene rings is 2. The summed E-state index contributed by atoms with van der Waals surface area (Å²) in [6, 6.07) is 11.3. The number of ketones is 1. The van der Waals surface area contributed by atoms with E-state index in [0.717, 1.165) is 20.4 Å². The van der Waals surface area contributed by atoms with E-state index in [1.807, 2.05) is 37.3 Å². The van der Waals surface area contributed by atoms with Crippen molar-refractivity contribution in [3.05, 3.63) is 69.0 Å². The quantitative estimate of drug-likeness (QED) is 0.366. The van der Waals surface area contributed by atoms with E-state index in [4.69, 9.17) is 9.47 Å². The highest BCUT2D eigenvalue weighted by Crippen LogP contribution is 2.50. The third kappa shape index (κ3) is 4.66. The number of amides is 1. The number of nitrogens with one attached hydrogen (secondary N) is 2. The minimum absolute atomic E-state index is 0.0243. The SMILES string of the molecule is COc1cccc(C2C(C(=O)Nc3nc4ccc(Br)cc4s3)=C(C)NC3=C2C(=O)CC(C)(C)C3)c1OC. The molecule has 2 aromatic carbocycles. The maximum atomic E-state index is 13.9. The molecule has 2 N–H and O–H groups in total. The number of Topliss-reactive ketones (excluding diaryl/α,β-unsaturated/α-hetero) is 1. The van der Waals surface area contributed by atoms with Gasteiger partial charge in [-0.2, -0.15) is 0 Å². The molecule has 1 aliphatic carbocycles. The third-order valence-electron chi connectivity index (χ3n) is 6.80. The maximum absolute atomic E-state index is 13.9. The van der Waals surface area contributed by atoms with Crippen LogP contribution in [0.25, 0.3) is 10.2 Å². The van der Waals surface area contributed by atoms with Crippen molar-refractivity contribution >= 4 is 54.3 Å². The minimum Gasteiger partial charge on any atom is -0.493 e. The van der Waals surface area contributed by atoms with E-state index < -0.39 is 5.92 Å². The molecular formula is C28H28BrN3O4S. The van der Waals surface area contributed by atoms with Crippen LogP contribution in [-0.2, 0) is 9.59 Å². The van der Waals surface area contributed by atoms with Gasteiger partial charge in [0.2, 0.25) is 0 Å². The number of methoxy groups -OCH3 is 2. The summed E-state index contributed by atoms with van der Waals surface area (Å²) in [5.74, 6) is 0.134. The van der Waals surface area contributed by atoms with E-state index in [-0.39, 0.29) is 17.1 Å². The number of ether oxygens (including phenoxy) is 2. The Morgan fingerprint density at radius 3 is 2.70 bits per heavy atom. The molecule has 3 aromatic rings. The van der Waals surface area contributed by atoms with Crippen molar-refractivity contribution in [1.82, 2.24) is 10.3 Å². The molecule has 1 aliphatic heterocycles. The molecule has 1 amide bonds. The van der Waals surface area contributed by atoms with E-state index in [1.54, 1.807) is 20.3 Å². The Morgan fingerprint density at radius 2 is 1.97 bits per heavy atom. The molecule has 0 spiro atoms. The number of hydrogen-bond acceptors (Lipinski definition) is 7. The number of aromatic nitrogens is 1. The Morgan fingerprint density at radius 1 is 1.19 bits per heavy atom. The van der Waals surface area contributed by atoms with Gasteiger partial charge in [0.1, 0.15) is 0 Å². The van der Waals surface area contributed by atoms with E-state index >= 15 is 0 Å². The number of hydrogen-bond donors (Lipinski definition) is 2. The molecule has 1 atom stereocenters. The molecule has 37 heavy (non-hydrogen) atoms. The van der Waals surface area contributed by atoms with Gasteiger partial charge in [-0.05, 0) is 43.0 Å². The Labute approximate surface area is 228 Å². The summed E-state index contributed by atoms with van der Waals surface area (Å²) in [7, 11) is 3.14. The van der Waals surface area contributed by atoms with Gasteiger partial charge in [0.25, 0.3) is 5.91 Å². The van der Waals surface area contributed by atoms with E-state index in [9.17, 15) is 9.59 Å². The Balaban J connectivity index is 1.63. The number of anilines is 1. The van der Waals surface area contributed by atoms with Crippen molar-refractivity contribution in [3.63, 3.8) is 0 Å². The Bertz CT molecular complexity index is 1500. The van der Waals surface area contributed by atoms with Crippen molar-refractivity contribution in [2.75, 3.05) is 19.5 Å². The van der Waals surface area contributed by atoms with E-state index in [1.165, 1.54) is 11.3 Å². The van der Waals surface area contributed by atoms with Crippen LogP contribution in [0.15, 0.2) is 63.4 Å². The number of halogens is 1. The molecule has 5 rings (SSSR count). The zero-order chi connectivity index (χ0) is 26.5. The fourth-order valence-electron chi connectivity index (χ4n) is 5.30. The molecule has 0 saturated carbocycles. The molecule has 7 nitrogen and oxygen atoms in total. The van der Waals surface area contributed by atoms with Gasteiger partial charge in [0.15, 0.2) is 22.4 Å². The van der Waals surface area contributed by atoms with Crippen LogP contribution in [0.3, 0.4) is 0 Å². The number of fused-ring (bicyclic) bond motifs is 1. The summed E-state index contributed by atoms with van der Waals surface area (Å²) in [5.41, 5.74) is 3.95. The van der Waals surface area contributed by atoms with Crippen LogP contribution in [0.1, 0.15) is 45.1 Å². The van der Waals surface area contributed by atoms with Gasteiger partial charge in [-0.3, -0.25) is 14.9 Å². The summed E-state index contributed by atoms with van der Waals surface area (Å²) in [5, 5.41) is 6.89. The van der Waals surface area contributed by atoms with Crippen LogP contribution in [0.4, 0.5) is 5.13 Å². The number of nitrogens with zero attached hydrogens (tertiary/aromatic N) is 1. The Hall–Kier alpha value is -3.17. The first kappa shape index (κ1) is 25.5. The molecule has 0 bridgehead atoms. The second kappa shape index (κ2) is 9.61. The largest absolute Gasteiger partial charge is 0.493 e. The van der Waals surface area contributed by atoms with Crippen molar-refractivity contribution in [2.45, 2.75) is 39.5 Å². The number of para-hydroxylation sites is 1. The number of carbonyl (C=O) groups excluding carboxylic acids is 2. The maximum Gasteiger partial charge on any atom is 0.256 e. The number of carbonyl (C=O) groups is 2. The van der Waals surface area contributed by atoms with Crippen molar-refractivity contribution in [3.8, 4) is 11.5 Å². The van der Waals surface area contributed by atoms with Crippen LogP contribution >= 0.6 is 27.3 Å². The number of rotatable bonds is 5. The fourth-order valence-corrected chi connectivity index (χ4v) is 6.72. The lowest BCUT2D eigenvalue weighted by atomic mass is 9.68. The molecule has 0 fully saturated rings. The molecule has 0 radical (unpaired) electrons. The normalized spacial score (nSPS) is 19.0. The molecule has 0 saturated heterocycles. The molecular weight excluding hydrogens is 554 g/mol. The lowest BCUT2D eigenvalue weighted by Crippen LogP contribution is -2.39. The summed E-state index contributed by atoms with van der Waals surface area (Å²) in [6.45, 7) is 6.05. The van der Waals surface area contributed by atoms with Crippen molar-refractivity contribution in [1.29, 1.82) is 0 Å². The zero-order valence-electron chi connectivity index (χ0n) is 21.3. The minimum atomic E-state index is -0.617. The topological polar surface area (TPSA) is 89.5 Å². The van der Waals surface area contributed by atoms with Gasteiger partial charge in [0.05, 0.1) is 30.4 Å². The molecule has 2 aliphatic rings. The molecule has 9 heteroatoms. The predicted octanol–water partition coefficient (Wildman–Crippen LogP) is 6.32. The van der Waals surface area contributed by atoms with Gasteiger partial charge in [-0.1, -0.05) is 53.2 Å². The summed E-state index contributed by atoms with van der Waals surface area (Å²) < 4.78 is 13.2. The van der Waals surface area contributed by atoms with Crippen LogP contribution in [-0.4, -0.2) is 30.9 Å². The molecule has 1 unspecified atom stereocenters. The first-order chi connectivity index (χ1) is 17.6. The standard InChI is InChI=1S/C28H28BrN3O4S/c1-14-22(26(34)32-27-31-17-10-9-15(29)11-21(17)37-27)23(16-7-6-8-20(35-4)25(16)36-5)24-18(30-14)12-28(2,3)13-19(24)33/h6-11,23,30H,12-13H2,1-5H3,(H,31,32,34). The second-order valence-corrected chi connectivity index (χ2v) is 12.0. The molecule has 1 aromatic heterocycles.